The fourth-order valence-electron chi connectivity index (χ4n) is 2.24. The first kappa shape index (κ1) is 13.8. The van der Waals surface area contributed by atoms with E-state index in [1.54, 1.807) is 11.8 Å². The maximum Gasteiger partial charge on any atom is 0.255 e. The molecule has 1 aliphatic heterocycles. The van der Waals surface area contributed by atoms with Crippen molar-refractivity contribution >= 4 is 29.3 Å². The van der Waals surface area contributed by atoms with E-state index < -0.39 is 0 Å². The van der Waals surface area contributed by atoms with Crippen LogP contribution in [0.25, 0.3) is 0 Å². The van der Waals surface area contributed by atoms with Crippen molar-refractivity contribution in [2.45, 2.75) is 30.6 Å². The van der Waals surface area contributed by atoms with Crippen molar-refractivity contribution in [3.8, 4) is 0 Å². The molecule has 2 rings (SSSR count). The molecule has 0 unspecified atom stereocenters. The van der Waals surface area contributed by atoms with E-state index in [1.807, 2.05) is 29.4 Å². The van der Waals surface area contributed by atoms with Gasteiger partial charge < -0.3 is 4.90 Å². The lowest BCUT2D eigenvalue weighted by atomic mass is 10.2. The quantitative estimate of drug-likeness (QED) is 0.762. The lowest BCUT2D eigenvalue weighted by Crippen LogP contribution is -2.32. The van der Waals surface area contributed by atoms with E-state index in [0.29, 0.717) is 10.6 Å². The van der Waals surface area contributed by atoms with Crippen molar-refractivity contribution in [3.63, 3.8) is 0 Å². The van der Waals surface area contributed by atoms with Gasteiger partial charge in [0.1, 0.15) is 0 Å². The smallest absolute Gasteiger partial charge is 0.255 e. The van der Waals surface area contributed by atoms with Gasteiger partial charge in [-0.25, -0.2) is 0 Å². The van der Waals surface area contributed by atoms with Crippen LogP contribution in [0.5, 0.6) is 0 Å². The van der Waals surface area contributed by atoms with E-state index in [2.05, 4.69) is 0 Å². The number of amides is 1. The molecular weight excluding hydrogens is 266 g/mol. The molecule has 18 heavy (non-hydrogen) atoms. The third-order valence-electron chi connectivity index (χ3n) is 3.30. The predicted molar refractivity (Wildman–Crippen MR) is 77.6 cm³/mol. The topological polar surface area (TPSA) is 20.3 Å². The number of nitrogens with zero attached hydrogens (tertiary/aromatic N) is 1. The molecule has 0 aliphatic carbocycles. The molecular formula is C14H18ClNOS. The third kappa shape index (κ3) is 3.21. The average Bonchev–Trinajstić information content (AvgIpc) is 2.67. The minimum atomic E-state index is 0.0813. The van der Waals surface area contributed by atoms with E-state index in [1.165, 1.54) is 12.8 Å². The molecule has 0 saturated carbocycles. The van der Waals surface area contributed by atoms with Crippen LogP contribution in [0.15, 0.2) is 23.1 Å². The molecule has 4 heteroatoms. The van der Waals surface area contributed by atoms with Gasteiger partial charge in [-0.2, -0.15) is 0 Å². The molecule has 1 amide bonds. The van der Waals surface area contributed by atoms with Gasteiger partial charge in [-0.3, -0.25) is 4.79 Å². The molecule has 0 spiro atoms. The number of carbonyl (C=O) groups excluding carboxylic acids is 1. The van der Waals surface area contributed by atoms with Crippen molar-refractivity contribution in [1.82, 2.24) is 4.90 Å². The summed E-state index contributed by atoms with van der Waals surface area (Å²) < 4.78 is 0. The van der Waals surface area contributed by atoms with E-state index in [0.717, 1.165) is 30.8 Å². The highest BCUT2D eigenvalue weighted by atomic mass is 35.5. The van der Waals surface area contributed by atoms with Crippen molar-refractivity contribution in [2.24, 2.45) is 0 Å². The largest absolute Gasteiger partial charge is 0.339 e. The first-order valence-electron chi connectivity index (χ1n) is 6.35. The van der Waals surface area contributed by atoms with Gasteiger partial charge in [-0.05, 0) is 37.3 Å². The average molecular weight is 284 g/mol. The molecule has 1 aromatic rings. The summed E-state index contributed by atoms with van der Waals surface area (Å²) in [6.45, 7) is 1.72. The van der Waals surface area contributed by atoms with E-state index in [9.17, 15) is 4.79 Å². The fraction of sp³-hybridized carbons (Fsp3) is 0.500. The van der Waals surface area contributed by atoms with E-state index in [-0.39, 0.29) is 5.91 Å². The second kappa shape index (κ2) is 6.48. The SMILES string of the molecule is CSc1ccc(Cl)c(C(=O)N2CCCCCC2)c1. The lowest BCUT2D eigenvalue weighted by Gasteiger charge is -2.21. The number of rotatable bonds is 2. The Morgan fingerprint density at radius 1 is 1.22 bits per heavy atom. The Morgan fingerprint density at radius 2 is 1.89 bits per heavy atom. The van der Waals surface area contributed by atoms with Crippen LogP contribution in [0.2, 0.25) is 5.02 Å². The lowest BCUT2D eigenvalue weighted by molar-refractivity contribution is 0.0761. The molecule has 1 fully saturated rings. The van der Waals surface area contributed by atoms with Gasteiger partial charge >= 0.3 is 0 Å². The predicted octanol–water partition coefficient (Wildman–Crippen LogP) is 4.08. The van der Waals surface area contributed by atoms with E-state index >= 15 is 0 Å². The van der Waals surface area contributed by atoms with Crippen molar-refractivity contribution < 1.29 is 4.79 Å². The molecule has 1 saturated heterocycles. The minimum Gasteiger partial charge on any atom is -0.339 e. The molecule has 1 aromatic carbocycles. The summed E-state index contributed by atoms with van der Waals surface area (Å²) in [6, 6.07) is 5.67. The summed E-state index contributed by atoms with van der Waals surface area (Å²) in [5.41, 5.74) is 0.644. The Bertz CT molecular complexity index is 428. The molecule has 0 atom stereocenters. The van der Waals surface area contributed by atoms with E-state index in [4.69, 9.17) is 11.6 Å². The molecule has 98 valence electrons. The minimum absolute atomic E-state index is 0.0813. The number of carbonyl (C=O) groups is 1. The second-order valence-corrected chi connectivity index (χ2v) is 5.84. The summed E-state index contributed by atoms with van der Waals surface area (Å²) in [4.78, 5) is 15.5. The van der Waals surface area contributed by atoms with Crippen LogP contribution in [0, 0.1) is 0 Å². The maximum atomic E-state index is 12.5. The highest BCUT2D eigenvalue weighted by molar-refractivity contribution is 7.98. The van der Waals surface area contributed by atoms with Gasteiger partial charge in [0.25, 0.3) is 5.91 Å². The Kier molecular flexibility index (Phi) is 4.95. The van der Waals surface area contributed by atoms with Gasteiger partial charge in [0.2, 0.25) is 0 Å². The Labute approximate surface area is 118 Å². The number of likely N-dealkylation sites (tertiary alicyclic amines) is 1. The number of hydrogen-bond donors (Lipinski definition) is 0. The molecule has 0 bridgehead atoms. The molecule has 1 heterocycles. The summed E-state index contributed by atoms with van der Waals surface area (Å²) in [5, 5.41) is 0.557. The van der Waals surface area contributed by atoms with Gasteiger partial charge in [0, 0.05) is 18.0 Å². The monoisotopic (exact) mass is 283 g/mol. The molecule has 2 nitrogen and oxygen atoms in total. The van der Waals surface area contributed by atoms with Crippen LogP contribution in [0.1, 0.15) is 36.0 Å². The summed E-state index contributed by atoms with van der Waals surface area (Å²) in [7, 11) is 0. The molecule has 0 aromatic heterocycles. The van der Waals surface area contributed by atoms with Gasteiger partial charge in [0.15, 0.2) is 0 Å². The number of hydrogen-bond acceptors (Lipinski definition) is 2. The van der Waals surface area contributed by atoms with Crippen molar-refractivity contribution in [2.75, 3.05) is 19.3 Å². The van der Waals surface area contributed by atoms with Crippen molar-refractivity contribution in [3.05, 3.63) is 28.8 Å². The Hall–Kier alpha value is -0.670. The number of thioether (sulfide) groups is 1. The summed E-state index contributed by atoms with van der Waals surface area (Å²) in [6.07, 6.45) is 6.66. The van der Waals surface area contributed by atoms with Crippen molar-refractivity contribution in [1.29, 1.82) is 0 Å². The van der Waals surface area contributed by atoms with Gasteiger partial charge in [-0.15, -0.1) is 11.8 Å². The summed E-state index contributed by atoms with van der Waals surface area (Å²) in [5.74, 6) is 0.0813. The Balaban J connectivity index is 2.21. The fourth-order valence-corrected chi connectivity index (χ4v) is 2.88. The molecule has 0 radical (unpaired) electrons. The Morgan fingerprint density at radius 3 is 2.50 bits per heavy atom. The first-order chi connectivity index (χ1) is 8.72. The zero-order chi connectivity index (χ0) is 13.0. The van der Waals surface area contributed by atoms with Gasteiger partial charge in [-0.1, -0.05) is 24.4 Å². The van der Waals surface area contributed by atoms with Crippen LogP contribution in [0.4, 0.5) is 0 Å². The van der Waals surface area contributed by atoms with Crippen LogP contribution >= 0.6 is 23.4 Å². The zero-order valence-corrected chi connectivity index (χ0v) is 12.2. The molecule has 1 aliphatic rings. The summed E-state index contributed by atoms with van der Waals surface area (Å²) >= 11 is 7.78. The van der Waals surface area contributed by atoms with Crippen LogP contribution < -0.4 is 0 Å². The third-order valence-corrected chi connectivity index (χ3v) is 4.35. The van der Waals surface area contributed by atoms with Crippen LogP contribution in [-0.4, -0.2) is 30.2 Å². The number of halogens is 1. The molecule has 0 N–H and O–H groups in total. The second-order valence-electron chi connectivity index (χ2n) is 4.55. The zero-order valence-electron chi connectivity index (χ0n) is 10.6. The normalized spacial score (nSPS) is 16.4. The number of benzene rings is 1. The maximum absolute atomic E-state index is 12.5. The van der Waals surface area contributed by atoms with Gasteiger partial charge in [0.05, 0.1) is 10.6 Å². The van der Waals surface area contributed by atoms with Crippen LogP contribution in [-0.2, 0) is 0 Å². The first-order valence-corrected chi connectivity index (χ1v) is 7.95. The standard InChI is InChI=1S/C14H18ClNOS/c1-18-11-6-7-13(15)12(10-11)14(17)16-8-4-2-3-5-9-16/h6-7,10H,2-5,8-9H2,1H3. The van der Waals surface area contributed by atoms with Crippen LogP contribution in [0.3, 0.4) is 0 Å². The highest BCUT2D eigenvalue weighted by Crippen LogP contribution is 2.25. The highest BCUT2D eigenvalue weighted by Gasteiger charge is 2.19.